The Bertz CT molecular complexity index is 949. The molecule has 1 N–H and O–H groups in total. The van der Waals surface area contributed by atoms with E-state index in [1.165, 1.54) is 37.8 Å². The van der Waals surface area contributed by atoms with Crippen LogP contribution < -0.4 is 10.2 Å². The summed E-state index contributed by atoms with van der Waals surface area (Å²) in [6, 6.07) is 5.24. The van der Waals surface area contributed by atoms with E-state index in [2.05, 4.69) is 27.9 Å². The summed E-state index contributed by atoms with van der Waals surface area (Å²) in [6.45, 7) is 1.36. The van der Waals surface area contributed by atoms with Crippen LogP contribution >= 0.6 is 24.2 Å². The lowest BCUT2D eigenvalue weighted by Crippen LogP contribution is -2.59. The number of hydrogen-bond acceptors (Lipinski definition) is 5. The van der Waals surface area contributed by atoms with Crippen molar-refractivity contribution >= 4 is 41.7 Å². The number of thiol groups is 1. The smallest absolute Gasteiger partial charge is 0.278 e. The minimum atomic E-state index is -2.89. The Kier molecular flexibility index (Phi) is 6.80. The maximum Gasteiger partial charge on any atom is 0.278 e. The topological polar surface area (TPSA) is 75.2 Å². The molecule has 1 aliphatic rings. The van der Waals surface area contributed by atoms with Gasteiger partial charge in [-0.15, -0.1) is 12.6 Å². The first-order valence-corrected chi connectivity index (χ1v) is 10.3. The second kappa shape index (κ2) is 9.04. The van der Waals surface area contributed by atoms with E-state index in [9.17, 15) is 22.8 Å². The van der Waals surface area contributed by atoms with Gasteiger partial charge in [0, 0.05) is 47.4 Å². The fourth-order valence-corrected chi connectivity index (χ4v) is 3.86. The van der Waals surface area contributed by atoms with E-state index in [-0.39, 0.29) is 24.1 Å². The lowest BCUT2D eigenvalue weighted by Gasteiger charge is -2.40. The van der Waals surface area contributed by atoms with Gasteiger partial charge in [-0.25, -0.2) is 23.1 Å². The van der Waals surface area contributed by atoms with Crippen LogP contribution in [0.1, 0.15) is 31.7 Å². The van der Waals surface area contributed by atoms with Crippen molar-refractivity contribution in [3.05, 3.63) is 48.5 Å². The maximum absolute atomic E-state index is 14.0. The summed E-state index contributed by atoms with van der Waals surface area (Å²) in [7, 11) is 0. The summed E-state index contributed by atoms with van der Waals surface area (Å²) in [5.74, 6) is -4.88. The van der Waals surface area contributed by atoms with Crippen LogP contribution in [-0.2, 0) is 15.1 Å². The van der Waals surface area contributed by atoms with Crippen molar-refractivity contribution in [2.75, 3.05) is 4.90 Å². The van der Waals surface area contributed by atoms with Gasteiger partial charge in [-0.3, -0.25) is 14.5 Å². The van der Waals surface area contributed by atoms with Gasteiger partial charge in [-0.2, -0.15) is 0 Å². The Labute approximate surface area is 187 Å². The van der Waals surface area contributed by atoms with E-state index in [1.54, 1.807) is 12.1 Å². The number of rotatable bonds is 6. The van der Waals surface area contributed by atoms with Crippen LogP contribution in [0.5, 0.6) is 0 Å². The highest BCUT2D eigenvalue weighted by molar-refractivity contribution is 7.80. The second-order valence-corrected chi connectivity index (χ2v) is 8.36. The van der Waals surface area contributed by atoms with Gasteiger partial charge in [0.1, 0.15) is 6.33 Å². The third kappa shape index (κ3) is 4.95. The van der Waals surface area contributed by atoms with E-state index in [1.807, 2.05) is 0 Å². The monoisotopic (exact) mass is 472 g/mol. The van der Waals surface area contributed by atoms with Gasteiger partial charge in [0.05, 0.1) is 0 Å². The van der Waals surface area contributed by atoms with Crippen LogP contribution in [0.3, 0.4) is 0 Å². The minimum absolute atomic E-state index is 0.0731. The molecule has 6 nitrogen and oxygen atoms in total. The zero-order valence-corrected chi connectivity index (χ0v) is 18.1. The molecule has 3 rings (SSSR count). The van der Waals surface area contributed by atoms with E-state index in [0.717, 1.165) is 4.90 Å². The third-order valence-corrected chi connectivity index (χ3v) is 5.75. The summed E-state index contributed by atoms with van der Waals surface area (Å²) in [6.07, 6.45) is 3.01. The van der Waals surface area contributed by atoms with Gasteiger partial charge in [-0.1, -0.05) is 11.6 Å². The minimum Gasteiger partial charge on any atom is -0.351 e. The molecule has 0 spiro atoms. The van der Waals surface area contributed by atoms with Gasteiger partial charge in [0.15, 0.2) is 5.54 Å². The predicted octanol–water partition coefficient (Wildman–Crippen LogP) is 3.85. The van der Waals surface area contributed by atoms with Crippen molar-refractivity contribution in [1.82, 2.24) is 15.3 Å². The molecule has 0 aliphatic heterocycles. The van der Waals surface area contributed by atoms with Crippen molar-refractivity contribution in [3.8, 4) is 0 Å². The van der Waals surface area contributed by atoms with E-state index in [4.69, 9.17) is 11.6 Å². The highest BCUT2D eigenvalue weighted by Gasteiger charge is 2.49. The lowest BCUT2D eigenvalue weighted by atomic mass is 9.89. The zero-order chi connectivity index (χ0) is 22.8. The number of alkyl halides is 4. The van der Waals surface area contributed by atoms with Gasteiger partial charge in [0.2, 0.25) is 5.92 Å². The highest BCUT2D eigenvalue weighted by Crippen LogP contribution is 2.38. The SMILES string of the molecule is C[C@@](C(=O)N[C@H]1CCC(F)(F)C1)(c1cncnc1)N(C(=O)[C@H](F)Cl)c1ccc(S)cc1. The third-order valence-electron chi connectivity index (χ3n) is 5.27. The molecule has 1 aromatic carbocycles. The fraction of sp³-hybridized carbons (Fsp3) is 0.400. The Morgan fingerprint density at radius 3 is 2.42 bits per heavy atom. The Morgan fingerprint density at radius 2 is 1.90 bits per heavy atom. The average Bonchev–Trinajstić information content (AvgIpc) is 3.08. The molecule has 2 amide bonds. The van der Waals surface area contributed by atoms with Crippen molar-refractivity contribution in [2.45, 2.75) is 54.2 Å². The quantitative estimate of drug-likeness (QED) is 0.494. The largest absolute Gasteiger partial charge is 0.351 e. The highest BCUT2D eigenvalue weighted by atomic mass is 35.5. The van der Waals surface area contributed by atoms with Crippen LogP contribution in [0.4, 0.5) is 18.9 Å². The molecule has 1 fully saturated rings. The number of nitrogens with one attached hydrogen (secondary N) is 1. The number of amides is 2. The van der Waals surface area contributed by atoms with Crippen LogP contribution in [0.15, 0.2) is 47.9 Å². The molecule has 0 radical (unpaired) electrons. The molecule has 1 aliphatic carbocycles. The van der Waals surface area contributed by atoms with Gasteiger partial charge < -0.3 is 5.32 Å². The van der Waals surface area contributed by atoms with Gasteiger partial charge in [0.25, 0.3) is 17.4 Å². The van der Waals surface area contributed by atoms with Crippen LogP contribution in [0.2, 0.25) is 0 Å². The summed E-state index contributed by atoms with van der Waals surface area (Å²) in [5.41, 5.74) is -4.03. The number of hydrogen-bond donors (Lipinski definition) is 2. The first-order valence-electron chi connectivity index (χ1n) is 9.40. The van der Waals surface area contributed by atoms with Crippen molar-refractivity contribution in [3.63, 3.8) is 0 Å². The molecule has 2 aromatic rings. The lowest BCUT2D eigenvalue weighted by molar-refractivity contribution is -0.131. The first kappa shape index (κ1) is 23.3. The molecule has 0 bridgehead atoms. The van der Waals surface area contributed by atoms with Gasteiger partial charge >= 0.3 is 0 Å². The summed E-state index contributed by atoms with van der Waals surface area (Å²) in [4.78, 5) is 35.6. The molecule has 166 valence electrons. The molecule has 1 saturated carbocycles. The fourth-order valence-electron chi connectivity index (χ4n) is 3.62. The number of anilines is 1. The van der Waals surface area contributed by atoms with E-state index >= 15 is 0 Å². The number of halogens is 4. The normalized spacial score (nSPS) is 20.5. The Balaban J connectivity index is 2.09. The summed E-state index contributed by atoms with van der Waals surface area (Å²) < 4.78 is 41.3. The predicted molar refractivity (Wildman–Crippen MR) is 112 cm³/mol. The molecule has 31 heavy (non-hydrogen) atoms. The standard InChI is InChI=1S/C20H20ClF3N4O2S/c1-19(12-9-25-11-26-10-12,18(30)27-13-6-7-20(23,24)8-13)28(17(29)16(21)22)14-2-4-15(31)5-3-14/h2-5,9-11,13,16,31H,6-8H2,1H3,(H,27,30)/t13-,16-,19-/m0/s1. The molecular weight excluding hydrogens is 453 g/mol. The zero-order valence-electron chi connectivity index (χ0n) is 16.4. The molecule has 1 aromatic heterocycles. The Hall–Kier alpha value is -2.33. The van der Waals surface area contributed by atoms with Crippen LogP contribution in [-0.4, -0.2) is 39.4 Å². The first-order chi connectivity index (χ1) is 14.5. The van der Waals surface area contributed by atoms with Crippen LogP contribution in [0.25, 0.3) is 0 Å². The van der Waals surface area contributed by atoms with E-state index in [0.29, 0.717) is 4.90 Å². The van der Waals surface area contributed by atoms with Crippen molar-refractivity contribution < 1.29 is 22.8 Å². The molecular formula is C20H20ClF3N4O2S. The summed E-state index contributed by atoms with van der Waals surface area (Å²) >= 11 is 9.67. The number of carbonyl (C=O) groups excluding carboxylic acids is 2. The maximum atomic E-state index is 14.0. The number of aromatic nitrogens is 2. The molecule has 1 heterocycles. The van der Waals surface area contributed by atoms with Crippen molar-refractivity contribution in [1.29, 1.82) is 0 Å². The molecule has 3 atom stereocenters. The molecule has 0 unspecified atom stereocenters. The second-order valence-electron chi connectivity index (χ2n) is 7.46. The summed E-state index contributed by atoms with van der Waals surface area (Å²) in [5, 5.41) is 2.58. The Morgan fingerprint density at radius 1 is 1.29 bits per heavy atom. The number of nitrogens with zero attached hydrogens (tertiary/aromatic N) is 3. The average molecular weight is 473 g/mol. The van der Waals surface area contributed by atoms with Crippen LogP contribution in [0, 0.1) is 0 Å². The molecule has 11 heteroatoms. The van der Waals surface area contributed by atoms with Gasteiger partial charge in [-0.05, 0) is 37.6 Å². The van der Waals surface area contributed by atoms with E-state index < -0.39 is 41.4 Å². The van der Waals surface area contributed by atoms with Crippen molar-refractivity contribution in [2.24, 2.45) is 0 Å². The number of carbonyl (C=O) groups is 2. The number of benzene rings is 1. The molecule has 0 saturated heterocycles.